The van der Waals surface area contributed by atoms with E-state index in [0.717, 1.165) is 18.2 Å². The monoisotopic (exact) mass is 247 g/mol. The number of ether oxygens (including phenoxy) is 1. The second kappa shape index (κ2) is 6.24. The van der Waals surface area contributed by atoms with Gasteiger partial charge in [0, 0.05) is 0 Å². The van der Waals surface area contributed by atoms with Crippen LogP contribution in [0.15, 0.2) is 18.2 Å². The fourth-order valence-electron chi connectivity index (χ4n) is 3.20. The largest absolute Gasteiger partial charge is 0.496 e. The van der Waals surface area contributed by atoms with Crippen LogP contribution in [-0.4, -0.2) is 13.7 Å². The van der Waals surface area contributed by atoms with E-state index in [4.69, 9.17) is 10.5 Å². The van der Waals surface area contributed by atoms with Crippen molar-refractivity contribution in [3.63, 3.8) is 0 Å². The molecule has 1 aromatic rings. The van der Waals surface area contributed by atoms with Gasteiger partial charge in [-0.2, -0.15) is 0 Å². The average molecular weight is 247 g/mol. The Bertz CT molecular complexity index is 383. The summed E-state index contributed by atoms with van der Waals surface area (Å²) >= 11 is 0. The minimum Gasteiger partial charge on any atom is -0.496 e. The average Bonchev–Trinajstić information content (AvgIpc) is 2.42. The fraction of sp³-hybridized carbons (Fsp3) is 0.625. The second-order valence-corrected chi connectivity index (χ2v) is 5.47. The van der Waals surface area contributed by atoms with E-state index in [1.807, 2.05) is 0 Å². The van der Waals surface area contributed by atoms with Crippen molar-refractivity contribution in [3.05, 3.63) is 29.3 Å². The molecule has 2 N–H and O–H groups in total. The summed E-state index contributed by atoms with van der Waals surface area (Å²) in [6, 6.07) is 6.56. The zero-order chi connectivity index (χ0) is 13.0. The van der Waals surface area contributed by atoms with E-state index in [1.54, 1.807) is 7.11 Å². The Balaban J connectivity index is 2.20. The maximum absolute atomic E-state index is 6.02. The van der Waals surface area contributed by atoms with Crippen molar-refractivity contribution in [2.75, 3.05) is 13.7 Å². The number of rotatable bonds is 4. The van der Waals surface area contributed by atoms with E-state index in [-0.39, 0.29) is 0 Å². The first kappa shape index (κ1) is 13.4. The summed E-state index contributed by atoms with van der Waals surface area (Å²) in [5.41, 5.74) is 8.57. The molecule has 0 amide bonds. The molecule has 100 valence electrons. The van der Waals surface area contributed by atoms with Gasteiger partial charge in [0.25, 0.3) is 0 Å². The molecule has 0 aromatic heterocycles. The maximum atomic E-state index is 6.02. The first-order chi connectivity index (χ1) is 8.76. The lowest BCUT2D eigenvalue weighted by Gasteiger charge is -2.30. The molecule has 1 aliphatic carbocycles. The van der Waals surface area contributed by atoms with Crippen molar-refractivity contribution in [2.45, 2.75) is 44.9 Å². The van der Waals surface area contributed by atoms with Crippen LogP contribution in [-0.2, 0) is 0 Å². The summed E-state index contributed by atoms with van der Waals surface area (Å²) in [5, 5.41) is 0. The van der Waals surface area contributed by atoms with E-state index < -0.39 is 0 Å². The van der Waals surface area contributed by atoms with Crippen molar-refractivity contribution in [1.82, 2.24) is 0 Å². The predicted molar refractivity (Wildman–Crippen MR) is 76.1 cm³/mol. The summed E-state index contributed by atoms with van der Waals surface area (Å²) in [6.45, 7) is 2.83. The van der Waals surface area contributed by atoms with Crippen molar-refractivity contribution in [3.8, 4) is 5.75 Å². The minimum absolute atomic E-state index is 0.500. The lowest BCUT2D eigenvalue weighted by molar-refractivity contribution is 0.306. The van der Waals surface area contributed by atoms with Crippen LogP contribution in [0.5, 0.6) is 5.75 Å². The zero-order valence-corrected chi connectivity index (χ0v) is 11.6. The molecule has 2 rings (SSSR count). The van der Waals surface area contributed by atoms with Crippen LogP contribution in [0.4, 0.5) is 0 Å². The maximum Gasteiger partial charge on any atom is 0.122 e. The van der Waals surface area contributed by atoms with Gasteiger partial charge in [-0.15, -0.1) is 0 Å². The van der Waals surface area contributed by atoms with E-state index >= 15 is 0 Å². The fourth-order valence-corrected chi connectivity index (χ4v) is 3.20. The van der Waals surface area contributed by atoms with Crippen molar-refractivity contribution in [1.29, 1.82) is 0 Å². The van der Waals surface area contributed by atoms with Gasteiger partial charge >= 0.3 is 0 Å². The predicted octanol–water partition coefficient (Wildman–Crippen LogP) is 3.63. The van der Waals surface area contributed by atoms with Crippen LogP contribution in [0.3, 0.4) is 0 Å². The molecule has 1 atom stereocenters. The molecule has 0 aliphatic heterocycles. The number of hydrogen-bond acceptors (Lipinski definition) is 2. The lowest BCUT2D eigenvalue weighted by Crippen LogP contribution is -2.23. The highest BCUT2D eigenvalue weighted by Crippen LogP contribution is 2.36. The van der Waals surface area contributed by atoms with Gasteiger partial charge in [-0.3, -0.25) is 0 Å². The quantitative estimate of drug-likeness (QED) is 0.882. The zero-order valence-electron chi connectivity index (χ0n) is 11.6. The molecular weight excluding hydrogens is 222 g/mol. The Morgan fingerprint density at radius 1 is 1.28 bits per heavy atom. The smallest absolute Gasteiger partial charge is 0.122 e. The van der Waals surface area contributed by atoms with Gasteiger partial charge in [-0.1, -0.05) is 31.4 Å². The Kier molecular flexibility index (Phi) is 4.65. The van der Waals surface area contributed by atoms with Crippen LogP contribution in [0.2, 0.25) is 0 Å². The van der Waals surface area contributed by atoms with Crippen LogP contribution < -0.4 is 10.5 Å². The number of methoxy groups -OCH3 is 1. The highest BCUT2D eigenvalue weighted by atomic mass is 16.5. The normalized spacial score (nSPS) is 18.6. The molecule has 1 fully saturated rings. The summed E-state index contributed by atoms with van der Waals surface area (Å²) in [6.07, 6.45) is 6.79. The Hall–Kier alpha value is -1.02. The van der Waals surface area contributed by atoms with E-state index in [9.17, 15) is 0 Å². The lowest BCUT2D eigenvalue weighted by atomic mass is 9.76. The molecule has 0 saturated heterocycles. The number of hydrogen-bond donors (Lipinski definition) is 1. The Labute approximate surface area is 111 Å². The Morgan fingerprint density at radius 3 is 2.61 bits per heavy atom. The summed E-state index contributed by atoms with van der Waals surface area (Å²) in [5.74, 6) is 2.25. The summed E-state index contributed by atoms with van der Waals surface area (Å²) in [7, 11) is 1.74. The molecule has 0 bridgehead atoms. The van der Waals surface area contributed by atoms with E-state index in [2.05, 4.69) is 25.1 Å². The summed E-state index contributed by atoms with van der Waals surface area (Å²) < 4.78 is 5.43. The molecule has 0 radical (unpaired) electrons. The SMILES string of the molecule is COc1cc(C(CN)C2CCCCC2)ccc1C. The van der Waals surface area contributed by atoms with Gasteiger partial charge < -0.3 is 10.5 Å². The van der Waals surface area contributed by atoms with Gasteiger partial charge in [0.1, 0.15) is 5.75 Å². The van der Waals surface area contributed by atoms with Crippen LogP contribution in [0.25, 0.3) is 0 Å². The van der Waals surface area contributed by atoms with Gasteiger partial charge in [-0.25, -0.2) is 0 Å². The third kappa shape index (κ3) is 2.86. The van der Waals surface area contributed by atoms with Gasteiger partial charge in [0.05, 0.1) is 7.11 Å². The number of aryl methyl sites for hydroxylation is 1. The topological polar surface area (TPSA) is 35.2 Å². The molecule has 1 aliphatic rings. The summed E-state index contributed by atoms with van der Waals surface area (Å²) in [4.78, 5) is 0. The van der Waals surface area contributed by atoms with E-state index in [1.165, 1.54) is 43.2 Å². The second-order valence-electron chi connectivity index (χ2n) is 5.47. The molecule has 0 heterocycles. The number of benzene rings is 1. The van der Waals surface area contributed by atoms with Crippen molar-refractivity contribution in [2.24, 2.45) is 11.7 Å². The highest BCUT2D eigenvalue weighted by Gasteiger charge is 2.24. The molecule has 2 nitrogen and oxygen atoms in total. The molecule has 1 aromatic carbocycles. The van der Waals surface area contributed by atoms with Crippen molar-refractivity contribution < 1.29 is 4.74 Å². The standard InChI is InChI=1S/C16H25NO/c1-12-8-9-14(10-16(12)18-2)15(11-17)13-6-4-3-5-7-13/h8-10,13,15H,3-7,11,17H2,1-2H3. The third-order valence-corrected chi connectivity index (χ3v) is 4.33. The molecule has 18 heavy (non-hydrogen) atoms. The first-order valence-electron chi connectivity index (χ1n) is 7.11. The molecule has 0 spiro atoms. The molecular formula is C16H25NO. The minimum atomic E-state index is 0.500. The van der Waals surface area contributed by atoms with Gasteiger partial charge in [-0.05, 0) is 55.3 Å². The number of nitrogens with two attached hydrogens (primary N) is 1. The molecule has 2 heteroatoms. The van der Waals surface area contributed by atoms with E-state index in [0.29, 0.717) is 5.92 Å². The Morgan fingerprint density at radius 2 is 2.00 bits per heavy atom. The van der Waals surface area contributed by atoms with Crippen LogP contribution >= 0.6 is 0 Å². The van der Waals surface area contributed by atoms with Crippen LogP contribution in [0.1, 0.15) is 49.1 Å². The molecule has 1 unspecified atom stereocenters. The van der Waals surface area contributed by atoms with Gasteiger partial charge in [0.2, 0.25) is 0 Å². The van der Waals surface area contributed by atoms with Gasteiger partial charge in [0.15, 0.2) is 0 Å². The van der Waals surface area contributed by atoms with Crippen molar-refractivity contribution >= 4 is 0 Å². The molecule has 1 saturated carbocycles. The highest BCUT2D eigenvalue weighted by molar-refractivity contribution is 5.38. The third-order valence-electron chi connectivity index (χ3n) is 4.33. The van der Waals surface area contributed by atoms with Crippen LogP contribution in [0, 0.1) is 12.8 Å². The first-order valence-corrected chi connectivity index (χ1v) is 7.11.